The standard InChI is InChI=1S/C18H22F12O4.C10H16O4/c1-4-12(2,3)11(31)34-10-6-8(13(32,15(19,20)21)16(22,23)24)5-9(7-10)14(33,17(25,26)27)18(28,29)30;1-4-10(2,3)9(12)14-7-5-6-13-8(7)11/h8-10,32-33H,4-7H2,1-3H3;7H,4-6H2,1-3H3. The van der Waals surface area contributed by atoms with Crippen LogP contribution in [0.15, 0.2) is 0 Å². The quantitative estimate of drug-likeness (QED) is 0.160. The molecule has 0 aromatic carbocycles. The molecule has 1 heterocycles. The fraction of sp³-hybridized carbons (Fsp3) is 0.893. The topological polar surface area (TPSA) is 119 Å². The first kappa shape index (κ1) is 43.5. The lowest BCUT2D eigenvalue weighted by atomic mass is 9.65. The first-order chi connectivity index (χ1) is 21.2. The van der Waals surface area contributed by atoms with E-state index in [1.807, 2.05) is 6.92 Å². The highest BCUT2D eigenvalue weighted by Gasteiger charge is 2.78. The summed E-state index contributed by atoms with van der Waals surface area (Å²) in [4.78, 5) is 34.8. The van der Waals surface area contributed by atoms with Gasteiger partial charge in [0.05, 0.1) is 17.4 Å². The number of ether oxygens (including phenoxy) is 3. The van der Waals surface area contributed by atoms with Crippen LogP contribution in [0.2, 0.25) is 0 Å². The van der Waals surface area contributed by atoms with E-state index in [1.54, 1.807) is 13.8 Å². The minimum Gasteiger partial charge on any atom is -0.463 e. The van der Waals surface area contributed by atoms with Gasteiger partial charge >= 0.3 is 42.6 Å². The Morgan fingerprint density at radius 2 is 1.00 bits per heavy atom. The number of carbonyl (C=O) groups is 3. The third-order valence-corrected chi connectivity index (χ3v) is 8.86. The molecule has 1 aliphatic carbocycles. The van der Waals surface area contributed by atoms with Gasteiger partial charge in [-0.25, -0.2) is 4.79 Å². The number of cyclic esters (lactones) is 1. The third-order valence-electron chi connectivity index (χ3n) is 8.86. The maximum absolute atomic E-state index is 13.3. The number of esters is 3. The van der Waals surface area contributed by atoms with Crippen LogP contribution in [0.3, 0.4) is 0 Å². The maximum Gasteiger partial charge on any atom is 0.426 e. The molecular formula is C28H38F12O8. The number of halogens is 12. The number of hydrogen-bond donors (Lipinski definition) is 2. The minimum absolute atomic E-state index is 0.0184. The minimum atomic E-state index is -6.58. The van der Waals surface area contributed by atoms with E-state index < -0.39 is 102 Å². The Labute approximate surface area is 267 Å². The second-order valence-electron chi connectivity index (χ2n) is 13.0. The van der Waals surface area contributed by atoms with Crippen molar-refractivity contribution in [3.05, 3.63) is 0 Å². The molecule has 0 amide bonds. The molecule has 0 spiro atoms. The molecule has 1 saturated carbocycles. The largest absolute Gasteiger partial charge is 0.463 e. The summed E-state index contributed by atoms with van der Waals surface area (Å²) in [5.74, 6) is -8.81. The fourth-order valence-electron chi connectivity index (χ4n) is 4.77. The summed E-state index contributed by atoms with van der Waals surface area (Å²) in [6, 6.07) is 0. The van der Waals surface area contributed by atoms with E-state index in [9.17, 15) is 77.3 Å². The van der Waals surface area contributed by atoms with Crippen LogP contribution >= 0.6 is 0 Å². The average molecular weight is 731 g/mol. The van der Waals surface area contributed by atoms with Crippen LogP contribution in [-0.4, -0.2) is 82.8 Å². The van der Waals surface area contributed by atoms with E-state index in [4.69, 9.17) is 14.2 Å². The van der Waals surface area contributed by atoms with E-state index >= 15 is 0 Å². The predicted octanol–water partition coefficient (Wildman–Crippen LogP) is 6.74. The molecule has 2 aliphatic rings. The summed E-state index contributed by atoms with van der Waals surface area (Å²) < 4.78 is 174. The van der Waals surface area contributed by atoms with E-state index in [2.05, 4.69) is 0 Å². The zero-order valence-corrected chi connectivity index (χ0v) is 26.6. The van der Waals surface area contributed by atoms with Gasteiger partial charge in [0.1, 0.15) is 6.10 Å². The van der Waals surface area contributed by atoms with Crippen LogP contribution in [-0.2, 0) is 28.6 Å². The first-order valence-electron chi connectivity index (χ1n) is 14.5. The fourth-order valence-corrected chi connectivity index (χ4v) is 4.77. The molecule has 2 rings (SSSR count). The van der Waals surface area contributed by atoms with Crippen molar-refractivity contribution in [2.45, 2.75) is 128 Å². The molecule has 48 heavy (non-hydrogen) atoms. The summed E-state index contributed by atoms with van der Waals surface area (Å²) in [5.41, 5.74) is -13.5. The van der Waals surface area contributed by atoms with Crippen LogP contribution in [0.5, 0.6) is 0 Å². The Morgan fingerprint density at radius 1 is 0.667 bits per heavy atom. The van der Waals surface area contributed by atoms with Crippen molar-refractivity contribution in [3.63, 3.8) is 0 Å². The molecule has 1 saturated heterocycles. The van der Waals surface area contributed by atoms with Crippen molar-refractivity contribution >= 4 is 17.9 Å². The SMILES string of the molecule is CCC(C)(C)C(=O)OC1CC(C(O)(C(F)(F)F)C(F)(F)F)CC(C(O)(C(F)(F)F)C(F)(F)F)C1.CCC(C)(C)C(=O)OC1CCOC1=O. The smallest absolute Gasteiger partial charge is 0.426 e. The Morgan fingerprint density at radius 3 is 1.27 bits per heavy atom. The van der Waals surface area contributed by atoms with Gasteiger partial charge in [0.15, 0.2) is 0 Å². The molecule has 282 valence electrons. The summed E-state index contributed by atoms with van der Waals surface area (Å²) in [5, 5.41) is 19.2. The van der Waals surface area contributed by atoms with Gasteiger partial charge in [-0.15, -0.1) is 0 Å². The molecule has 1 aliphatic heterocycles. The predicted molar refractivity (Wildman–Crippen MR) is 138 cm³/mol. The van der Waals surface area contributed by atoms with Crippen LogP contribution in [0.25, 0.3) is 0 Å². The monoisotopic (exact) mass is 730 g/mol. The van der Waals surface area contributed by atoms with Crippen LogP contribution < -0.4 is 0 Å². The number of rotatable bonds is 8. The molecule has 0 radical (unpaired) electrons. The Bertz CT molecular complexity index is 1070. The van der Waals surface area contributed by atoms with Gasteiger partial charge in [-0.2, -0.15) is 52.7 Å². The van der Waals surface area contributed by atoms with Crippen LogP contribution in [0.4, 0.5) is 52.7 Å². The molecule has 8 nitrogen and oxygen atoms in total. The van der Waals surface area contributed by atoms with Gasteiger partial charge in [-0.1, -0.05) is 13.8 Å². The van der Waals surface area contributed by atoms with Crippen LogP contribution in [0, 0.1) is 22.7 Å². The van der Waals surface area contributed by atoms with Crippen molar-refractivity contribution < 1.29 is 91.5 Å². The lowest BCUT2D eigenvalue weighted by Crippen LogP contribution is -2.67. The number of aliphatic hydroxyl groups is 2. The third kappa shape index (κ3) is 8.98. The molecule has 3 unspecified atom stereocenters. The molecule has 0 aromatic heterocycles. The molecule has 3 atom stereocenters. The summed E-state index contributed by atoms with van der Waals surface area (Å²) in [6.07, 6.45) is -33.5. The van der Waals surface area contributed by atoms with Gasteiger partial charge < -0.3 is 24.4 Å². The van der Waals surface area contributed by atoms with Crippen LogP contribution in [0.1, 0.15) is 80.1 Å². The number of hydrogen-bond acceptors (Lipinski definition) is 8. The van der Waals surface area contributed by atoms with Crippen molar-refractivity contribution in [2.24, 2.45) is 22.7 Å². The lowest BCUT2D eigenvalue weighted by Gasteiger charge is -2.48. The van der Waals surface area contributed by atoms with E-state index in [-0.39, 0.29) is 12.4 Å². The number of alkyl halides is 12. The first-order valence-corrected chi connectivity index (χ1v) is 14.5. The molecule has 0 bridgehead atoms. The van der Waals surface area contributed by atoms with Gasteiger partial charge in [-0.3, -0.25) is 9.59 Å². The van der Waals surface area contributed by atoms with E-state index in [1.165, 1.54) is 20.8 Å². The van der Waals surface area contributed by atoms with Crippen molar-refractivity contribution in [2.75, 3.05) is 6.61 Å². The second kappa shape index (κ2) is 14.4. The van der Waals surface area contributed by atoms with Crippen molar-refractivity contribution in [3.8, 4) is 0 Å². The van der Waals surface area contributed by atoms with Gasteiger partial charge in [0, 0.05) is 18.3 Å². The Balaban J connectivity index is 0.000000682. The van der Waals surface area contributed by atoms with Gasteiger partial charge in [-0.05, 0) is 59.8 Å². The zero-order valence-electron chi connectivity index (χ0n) is 26.6. The molecule has 20 heteroatoms. The lowest BCUT2D eigenvalue weighted by molar-refractivity contribution is -0.405. The maximum atomic E-state index is 13.3. The molecule has 2 fully saturated rings. The molecule has 2 N–H and O–H groups in total. The Kier molecular flexibility index (Phi) is 13.0. The summed E-state index contributed by atoms with van der Waals surface area (Å²) >= 11 is 0. The molecule has 0 aromatic rings. The van der Waals surface area contributed by atoms with Gasteiger partial charge in [0.2, 0.25) is 6.10 Å². The normalized spacial score (nSPS) is 23.5. The second-order valence-corrected chi connectivity index (χ2v) is 13.0. The van der Waals surface area contributed by atoms with Gasteiger partial charge in [0.25, 0.3) is 11.2 Å². The average Bonchev–Trinajstić information content (AvgIpc) is 3.33. The van der Waals surface area contributed by atoms with E-state index in [0.717, 1.165) is 0 Å². The highest BCUT2D eigenvalue weighted by Crippen LogP contribution is 2.58. The number of carbonyl (C=O) groups excluding carboxylic acids is 3. The zero-order chi connectivity index (χ0) is 38.1. The highest BCUT2D eigenvalue weighted by molar-refractivity contribution is 5.82. The van der Waals surface area contributed by atoms with Crippen molar-refractivity contribution in [1.29, 1.82) is 0 Å². The van der Waals surface area contributed by atoms with Crippen molar-refractivity contribution in [1.82, 2.24) is 0 Å². The molecular weight excluding hydrogens is 692 g/mol. The van der Waals surface area contributed by atoms with E-state index in [0.29, 0.717) is 19.4 Å². The highest BCUT2D eigenvalue weighted by atomic mass is 19.4. The summed E-state index contributed by atoms with van der Waals surface area (Å²) in [6.45, 7) is 9.68. The Hall–Kier alpha value is -2.51. The summed E-state index contributed by atoms with van der Waals surface area (Å²) in [7, 11) is 0.